The molecule has 0 saturated carbocycles. The van der Waals surface area contributed by atoms with Crippen LogP contribution in [-0.4, -0.2) is 22.9 Å². The Kier molecular flexibility index (Phi) is 3.48. The van der Waals surface area contributed by atoms with Crippen molar-refractivity contribution in [3.8, 4) is 0 Å². The van der Waals surface area contributed by atoms with Crippen molar-refractivity contribution < 1.29 is 28.3 Å². The van der Waals surface area contributed by atoms with Gasteiger partial charge in [0.1, 0.15) is 0 Å². The van der Waals surface area contributed by atoms with E-state index in [0.29, 0.717) is 11.0 Å². The zero-order valence-electron chi connectivity index (χ0n) is 11.1. The van der Waals surface area contributed by atoms with E-state index in [4.69, 9.17) is 0 Å². The van der Waals surface area contributed by atoms with Gasteiger partial charge in [0.05, 0.1) is 26.9 Å². The summed E-state index contributed by atoms with van der Waals surface area (Å²) in [5.74, 6) is -6.01. The number of benzene rings is 2. The zero-order chi connectivity index (χ0) is 16.9. The highest BCUT2D eigenvalue weighted by molar-refractivity contribution is 9.10. The number of imide groups is 1. The van der Waals surface area contributed by atoms with Gasteiger partial charge in [-0.25, -0.2) is 18.5 Å². The van der Waals surface area contributed by atoms with Crippen LogP contribution in [0.2, 0.25) is 0 Å². The summed E-state index contributed by atoms with van der Waals surface area (Å²) >= 11 is 2.74. The summed E-state index contributed by atoms with van der Waals surface area (Å²) < 4.78 is 26.7. The van der Waals surface area contributed by atoms with Crippen molar-refractivity contribution in [3.63, 3.8) is 0 Å². The first-order valence-electron chi connectivity index (χ1n) is 6.23. The minimum Gasteiger partial charge on any atom is -0.478 e. The molecule has 2 amide bonds. The highest BCUT2D eigenvalue weighted by atomic mass is 79.9. The van der Waals surface area contributed by atoms with Crippen LogP contribution in [0, 0.1) is 11.6 Å². The molecule has 0 radical (unpaired) electrons. The second-order valence-electron chi connectivity index (χ2n) is 4.68. The molecule has 0 fully saturated rings. The minimum atomic E-state index is -1.60. The third kappa shape index (κ3) is 2.14. The van der Waals surface area contributed by atoms with Crippen molar-refractivity contribution >= 4 is 39.4 Å². The molecular weight excluding hydrogens is 376 g/mol. The lowest BCUT2D eigenvalue weighted by molar-refractivity contribution is 0.0697. The van der Waals surface area contributed by atoms with E-state index in [9.17, 15) is 28.3 Å². The molecule has 116 valence electrons. The van der Waals surface area contributed by atoms with Gasteiger partial charge in [-0.1, -0.05) is 12.1 Å². The van der Waals surface area contributed by atoms with Gasteiger partial charge in [0.15, 0.2) is 11.6 Å². The predicted octanol–water partition coefficient (Wildman–Crippen LogP) is 3.23. The normalized spacial score (nSPS) is 13.4. The quantitative estimate of drug-likeness (QED) is 0.640. The van der Waals surface area contributed by atoms with E-state index in [-0.39, 0.29) is 11.1 Å². The average Bonchev–Trinajstić information content (AvgIpc) is 2.77. The van der Waals surface area contributed by atoms with E-state index in [1.165, 1.54) is 24.3 Å². The number of aromatic carboxylic acids is 1. The van der Waals surface area contributed by atoms with Gasteiger partial charge < -0.3 is 5.11 Å². The highest BCUT2D eigenvalue weighted by Crippen LogP contribution is 2.38. The fourth-order valence-electron chi connectivity index (χ4n) is 2.36. The third-order valence-electron chi connectivity index (χ3n) is 3.38. The monoisotopic (exact) mass is 381 g/mol. The summed E-state index contributed by atoms with van der Waals surface area (Å²) in [5, 5.41) is 9.20. The highest BCUT2D eigenvalue weighted by Gasteiger charge is 2.40. The first-order chi connectivity index (χ1) is 10.8. The zero-order valence-corrected chi connectivity index (χ0v) is 12.7. The first kappa shape index (κ1) is 15.3. The third-order valence-corrected chi connectivity index (χ3v) is 4.11. The number of anilines is 1. The van der Waals surface area contributed by atoms with Crippen molar-refractivity contribution in [1.82, 2.24) is 0 Å². The molecule has 2 aromatic carbocycles. The number of hydrogen-bond donors (Lipinski definition) is 1. The Labute approximate surface area is 136 Å². The number of carboxylic acids is 1. The van der Waals surface area contributed by atoms with Crippen LogP contribution >= 0.6 is 15.9 Å². The van der Waals surface area contributed by atoms with E-state index < -0.39 is 45.1 Å². The number of hydrogen-bond acceptors (Lipinski definition) is 3. The molecule has 0 unspecified atom stereocenters. The lowest BCUT2D eigenvalue weighted by Crippen LogP contribution is -2.31. The second-order valence-corrected chi connectivity index (χ2v) is 5.47. The molecule has 1 N–H and O–H groups in total. The number of carbonyl (C=O) groups is 3. The molecule has 0 spiro atoms. The lowest BCUT2D eigenvalue weighted by Gasteiger charge is -2.19. The molecule has 3 rings (SSSR count). The van der Waals surface area contributed by atoms with Gasteiger partial charge in [-0.15, -0.1) is 0 Å². The molecule has 0 aromatic heterocycles. The summed E-state index contributed by atoms with van der Waals surface area (Å²) in [5.41, 5.74) is -1.12. The molecular formula is C15H6BrF2NO4. The molecule has 0 aliphatic carbocycles. The van der Waals surface area contributed by atoms with Crippen LogP contribution in [0.5, 0.6) is 0 Å². The van der Waals surface area contributed by atoms with Crippen molar-refractivity contribution in [1.29, 1.82) is 0 Å². The Hall–Kier alpha value is -2.61. The number of carbonyl (C=O) groups excluding carboxylic acids is 2. The Balaban J connectivity index is 2.29. The van der Waals surface area contributed by atoms with E-state index in [1.807, 2.05) is 0 Å². The van der Waals surface area contributed by atoms with Crippen LogP contribution in [0.1, 0.15) is 31.1 Å². The summed E-state index contributed by atoms with van der Waals surface area (Å²) in [6.45, 7) is 0. The maximum Gasteiger partial charge on any atom is 0.337 e. The van der Waals surface area contributed by atoms with Crippen LogP contribution in [0.3, 0.4) is 0 Å². The smallest absolute Gasteiger partial charge is 0.337 e. The fraction of sp³-hybridized carbons (Fsp3) is 0. The molecule has 5 nitrogen and oxygen atoms in total. The summed E-state index contributed by atoms with van der Waals surface area (Å²) in [6.07, 6.45) is 0. The molecule has 8 heteroatoms. The predicted molar refractivity (Wildman–Crippen MR) is 78.6 cm³/mol. The first-order valence-corrected chi connectivity index (χ1v) is 7.02. The number of nitrogens with zero attached hydrogens (tertiary/aromatic N) is 1. The van der Waals surface area contributed by atoms with Gasteiger partial charge in [0, 0.05) is 0 Å². The van der Waals surface area contributed by atoms with Gasteiger partial charge in [-0.3, -0.25) is 9.59 Å². The summed E-state index contributed by atoms with van der Waals surface area (Å²) in [6, 6.07) is 6.28. The summed E-state index contributed by atoms with van der Waals surface area (Å²) in [4.78, 5) is 36.7. The molecule has 0 bridgehead atoms. The van der Waals surface area contributed by atoms with Crippen LogP contribution in [0.4, 0.5) is 14.5 Å². The number of amides is 2. The molecule has 2 aromatic rings. The number of fused-ring (bicyclic) bond motifs is 1. The number of rotatable bonds is 2. The van der Waals surface area contributed by atoms with Crippen molar-refractivity contribution in [2.45, 2.75) is 0 Å². The Morgan fingerprint density at radius 3 is 2.09 bits per heavy atom. The van der Waals surface area contributed by atoms with Crippen LogP contribution < -0.4 is 4.90 Å². The van der Waals surface area contributed by atoms with E-state index >= 15 is 0 Å². The van der Waals surface area contributed by atoms with Gasteiger partial charge in [0.25, 0.3) is 11.8 Å². The van der Waals surface area contributed by atoms with Crippen molar-refractivity contribution in [2.75, 3.05) is 4.90 Å². The second kappa shape index (κ2) is 5.24. The maximum atomic E-state index is 13.8. The van der Waals surface area contributed by atoms with Gasteiger partial charge >= 0.3 is 5.97 Å². The molecule has 0 saturated heterocycles. The van der Waals surface area contributed by atoms with E-state index in [0.717, 1.165) is 0 Å². The SMILES string of the molecule is O=C(O)c1cc(F)c(F)c(Br)c1N1C(=O)c2ccccc2C1=O. The Morgan fingerprint density at radius 1 is 1.09 bits per heavy atom. The Morgan fingerprint density at radius 2 is 1.61 bits per heavy atom. The minimum absolute atomic E-state index is 0.0606. The standard InChI is InChI=1S/C15H6BrF2NO4/c16-10-11(18)9(17)5-8(15(22)23)12(10)19-13(20)6-3-1-2-4-7(6)14(19)21/h1-5H,(H,22,23). The van der Waals surface area contributed by atoms with Crippen LogP contribution in [0.25, 0.3) is 0 Å². The van der Waals surface area contributed by atoms with E-state index in [2.05, 4.69) is 15.9 Å². The maximum absolute atomic E-state index is 13.8. The van der Waals surface area contributed by atoms with Crippen molar-refractivity contribution in [2.24, 2.45) is 0 Å². The largest absolute Gasteiger partial charge is 0.478 e. The Bertz CT molecular complexity index is 862. The number of carboxylic acid groups (broad SMARTS) is 1. The number of halogens is 3. The molecule has 0 atom stereocenters. The van der Waals surface area contributed by atoms with Crippen LogP contribution in [0.15, 0.2) is 34.8 Å². The van der Waals surface area contributed by atoms with Crippen molar-refractivity contribution in [3.05, 3.63) is 63.1 Å². The molecule has 1 aliphatic rings. The summed E-state index contributed by atoms with van der Waals surface area (Å²) in [7, 11) is 0. The van der Waals surface area contributed by atoms with Gasteiger partial charge in [0.2, 0.25) is 0 Å². The van der Waals surface area contributed by atoms with Gasteiger partial charge in [-0.2, -0.15) is 0 Å². The topological polar surface area (TPSA) is 74.7 Å². The van der Waals surface area contributed by atoms with Gasteiger partial charge in [-0.05, 0) is 34.1 Å². The lowest BCUT2D eigenvalue weighted by atomic mass is 10.1. The molecule has 23 heavy (non-hydrogen) atoms. The van der Waals surface area contributed by atoms with E-state index in [1.54, 1.807) is 0 Å². The fourth-order valence-corrected chi connectivity index (χ4v) is 2.94. The van der Waals surface area contributed by atoms with Crippen LogP contribution in [-0.2, 0) is 0 Å². The molecule has 1 heterocycles. The molecule has 1 aliphatic heterocycles. The average molecular weight is 382 g/mol.